The Kier molecular flexibility index (Phi) is 1.82. The van der Waals surface area contributed by atoms with Crippen LogP contribution in [0.25, 0.3) is 0 Å². The number of hydrogen-bond donors (Lipinski definition) is 1. The average molecular weight is 125 g/mol. The summed E-state index contributed by atoms with van der Waals surface area (Å²) < 4.78 is 32.9. The van der Waals surface area contributed by atoms with Crippen LogP contribution >= 0.6 is 0 Å². The van der Waals surface area contributed by atoms with Gasteiger partial charge in [0.05, 0.1) is 0 Å². The van der Waals surface area contributed by atoms with E-state index in [-0.39, 0.29) is 0 Å². The van der Waals surface area contributed by atoms with Gasteiger partial charge in [0.25, 0.3) is 0 Å². The summed E-state index contributed by atoms with van der Waals surface area (Å²) in [5.74, 6) is 0. The lowest BCUT2D eigenvalue weighted by Crippen LogP contribution is -2.26. The number of aliphatic hydroxyl groups excluding tert-OH is 1. The molecule has 0 aliphatic carbocycles. The Bertz CT molecular complexity index is 113. The summed E-state index contributed by atoms with van der Waals surface area (Å²) in [5, 5.41) is 15.2. The number of aliphatic hydroxyl groups is 1. The first kappa shape index (κ1) is 7.24. The molecule has 1 N–H and O–H groups in total. The summed E-state index contributed by atoms with van der Waals surface area (Å²) in [4.78, 5) is 0. The highest BCUT2D eigenvalue weighted by molar-refractivity contribution is 4.87. The van der Waals surface area contributed by atoms with E-state index < -0.39 is 12.3 Å². The molecule has 0 aliphatic rings. The molecule has 0 aromatic heterocycles. The van der Waals surface area contributed by atoms with Crippen LogP contribution < -0.4 is 0 Å². The van der Waals surface area contributed by atoms with E-state index in [1.165, 1.54) is 0 Å². The van der Waals surface area contributed by atoms with E-state index in [9.17, 15) is 13.2 Å². The highest BCUT2D eigenvalue weighted by Gasteiger charge is 2.38. The first-order valence-corrected chi connectivity index (χ1v) is 1.63. The molecule has 0 unspecified atom stereocenters. The Balaban J connectivity index is 3.87. The summed E-state index contributed by atoms with van der Waals surface area (Å²) in [5.41, 5.74) is 0. The van der Waals surface area contributed by atoms with Crippen molar-refractivity contribution in [2.24, 2.45) is 0 Å². The van der Waals surface area contributed by atoms with Crippen LogP contribution in [0.3, 0.4) is 0 Å². The second-order valence-corrected chi connectivity index (χ2v) is 1.07. The molecule has 1 atom stereocenters. The highest BCUT2D eigenvalue weighted by Crippen LogP contribution is 2.18. The molecule has 0 heterocycles. The predicted molar refractivity (Wildman–Crippen MR) is 17.7 cm³/mol. The van der Waals surface area contributed by atoms with Gasteiger partial charge >= 0.3 is 6.18 Å². The van der Waals surface area contributed by atoms with Gasteiger partial charge in [-0.1, -0.05) is 0 Å². The van der Waals surface area contributed by atoms with Crippen molar-refractivity contribution in [3.05, 3.63) is 0 Å². The topological polar surface area (TPSA) is 44.0 Å². The van der Waals surface area contributed by atoms with Crippen molar-refractivity contribution in [2.75, 3.05) is 0 Å². The largest absolute Gasteiger partial charge is 0.427 e. The third-order valence-corrected chi connectivity index (χ3v) is 0.432. The van der Waals surface area contributed by atoms with E-state index in [1.807, 2.05) is 0 Å². The first-order chi connectivity index (χ1) is 3.48. The van der Waals surface area contributed by atoms with Gasteiger partial charge in [-0.3, -0.25) is 0 Å². The number of alkyl halides is 3. The van der Waals surface area contributed by atoms with Crippen LogP contribution in [0.1, 0.15) is 0 Å². The second kappa shape index (κ2) is 2.01. The van der Waals surface area contributed by atoms with Gasteiger partial charge in [0.15, 0.2) is 0 Å². The van der Waals surface area contributed by atoms with Crippen molar-refractivity contribution in [2.45, 2.75) is 12.3 Å². The summed E-state index contributed by atoms with van der Waals surface area (Å²) in [6, 6.07) is 0.635. The van der Waals surface area contributed by atoms with Crippen molar-refractivity contribution >= 4 is 0 Å². The monoisotopic (exact) mass is 125 g/mol. The van der Waals surface area contributed by atoms with Gasteiger partial charge in [-0.05, 0) is 0 Å². The molecule has 0 saturated heterocycles. The Morgan fingerprint density at radius 1 is 1.50 bits per heavy atom. The lowest BCUT2D eigenvalue weighted by Gasteiger charge is -2.04. The lowest BCUT2D eigenvalue weighted by atomic mass is 10.4. The van der Waals surface area contributed by atoms with Gasteiger partial charge < -0.3 is 5.11 Å². The second-order valence-electron chi connectivity index (χ2n) is 1.07. The fourth-order valence-electron chi connectivity index (χ4n) is 0.0732. The van der Waals surface area contributed by atoms with Gasteiger partial charge in [0.1, 0.15) is 6.07 Å². The molecule has 0 aromatic carbocycles. The average Bonchev–Trinajstić information content (AvgIpc) is 1.62. The Morgan fingerprint density at radius 3 is 1.88 bits per heavy atom. The van der Waals surface area contributed by atoms with Crippen LogP contribution in [0, 0.1) is 11.3 Å². The summed E-state index contributed by atoms with van der Waals surface area (Å²) in [7, 11) is 0. The number of hydrogen-bond acceptors (Lipinski definition) is 2. The summed E-state index contributed by atoms with van der Waals surface area (Å²) >= 11 is 0. The maximum absolute atomic E-state index is 11.0. The zero-order chi connectivity index (χ0) is 6.78. The lowest BCUT2D eigenvalue weighted by molar-refractivity contribution is -0.185. The van der Waals surface area contributed by atoms with Crippen LogP contribution in [0.2, 0.25) is 0 Å². The van der Waals surface area contributed by atoms with E-state index in [0.717, 1.165) is 0 Å². The van der Waals surface area contributed by atoms with Crippen LogP contribution in [0.4, 0.5) is 13.2 Å². The normalized spacial score (nSPS) is 14.9. The van der Waals surface area contributed by atoms with Gasteiger partial charge in [0, 0.05) is 0 Å². The van der Waals surface area contributed by atoms with Crippen molar-refractivity contribution in [1.29, 1.82) is 5.26 Å². The molecule has 0 spiro atoms. The molecule has 2 nitrogen and oxygen atoms in total. The van der Waals surface area contributed by atoms with Crippen molar-refractivity contribution in [3.63, 3.8) is 0 Å². The summed E-state index contributed by atoms with van der Waals surface area (Å²) in [6.07, 6.45) is -7.64. The maximum Gasteiger partial charge on any atom is 0.427 e. The van der Waals surface area contributed by atoms with E-state index in [2.05, 4.69) is 0 Å². The molecule has 0 amide bonds. The number of nitriles is 1. The molecule has 0 fully saturated rings. The molecule has 0 aromatic rings. The molecule has 46 valence electrons. The standard InChI is InChI=1S/C3H2F3NO/c4-3(5,6)2(8)1-7/h2,8H/t2-/m1/s1. The molecular formula is C3H2F3NO. The minimum absolute atomic E-state index is 0.635. The zero-order valence-electron chi connectivity index (χ0n) is 3.61. The van der Waals surface area contributed by atoms with Gasteiger partial charge in [-0.2, -0.15) is 18.4 Å². The van der Waals surface area contributed by atoms with Gasteiger partial charge in [-0.25, -0.2) is 0 Å². The van der Waals surface area contributed by atoms with Crippen molar-refractivity contribution < 1.29 is 18.3 Å². The van der Waals surface area contributed by atoms with Gasteiger partial charge in [-0.15, -0.1) is 0 Å². The SMILES string of the molecule is N#C[C@@H](O)C(F)(F)F. The minimum atomic E-state index is -4.80. The fraction of sp³-hybridized carbons (Fsp3) is 0.667. The van der Waals surface area contributed by atoms with Crippen LogP contribution in [0.15, 0.2) is 0 Å². The first-order valence-electron chi connectivity index (χ1n) is 1.63. The van der Waals surface area contributed by atoms with Crippen LogP contribution in [-0.2, 0) is 0 Å². The van der Waals surface area contributed by atoms with E-state index in [4.69, 9.17) is 10.4 Å². The number of nitrogens with zero attached hydrogens (tertiary/aromatic N) is 1. The quantitative estimate of drug-likeness (QED) is 0.477. The predicted octanol–water partition coefficient (Wildman–Crippen LogP) is 0.433. The minimum Gasteiger partial charge on any atom is -0.371 e. The number of rotatable bonds is 0. The molecule has 0 aliphatic heterocycles. The van der Waals surface area contributed by atoms with Crippen LogP contribution in [-0.4, -0.2) is 17.4 Å². The highest BCUT2D eigenvalue weighted by atomic mass is 19.4. The molecule has 0 rings (SSSR count). The van der Waals surface area contributed by atoms with Crippen molar-refractivity contribution in [1.82, 2.24) is 0 Å². The Labute approximate surface area is 43.2 Å². The Hall–Kier alpha value is -0.760. The molecule has 0 saturated carbocycles. The van der Waals surface area contributed by atoms with Crippen molar-refractivity contribution in [3.8, 4) is 6.07 Å². The summed E-state index contributed by atoms with van der Waals surface area (Å²) in [6.45, 7) is 0. The van der Waals surface area contributed by atoms with E-state index in [1.54, 1.807) is 0 Å². The third-order valence-electron chi connectivity index (χ3n) is 0.432. The Morgan fingerprint density at radius 2 is 1.88 bits per heavy atom. The van der Waals surface area contributed by atoms with Gasteiger partial charge in [0.2, 0.25) is 6.10 Å². The zero-order valence-corrected chi connectivity index (χ0v) is 3.61. The van der Waals surface area contributed by atoms with E-state index >= 15 is 0 Å². The molecule has 8 heavy (non-hydrogen) atoms. The molecule has 5 heteroatoms. The maximum atomic E-state index is 11.0. The smallest absolute Gasteiger partial charge is 0.371 e. The molecule has 0 radical (unpaired) electrons. The fourth-order valence-corrected chi connectivity index (χ4v) is 0.0732. The third kappa shape index (κ3) is 1.80. The van der Waals surface area contributed by atoms with Crippen LogP contribution in [0.5, 0.6) is 0 Å². The molecular weight excluding hydrogens is 123 g/mol. The van der Waals surface area contributed by atoms with E-state index in [0.29, 0.717) is 6.07 Å². The molecule has 0 bridgehead atoms. The number of halogens is 3.